The van der Waals surface area contributed by atoms with Gasteiger partial charge in [-0.1, -0.05) is 45.1 Å². The van der Waals surface area contributed by atoms with Gasteiger partial charge < -0.3 is 0 Å². The molecular formula is C13H23NO4S. The highest BCUT2D eigenvalue weighted by atomic mass is 32.3. The van der Waals surface area contributed by atoms with Crippen LogP contribution in [0, 0.1) is 0 Å². The normalized spacial score (nSPS) is 10.6. The lowest BCUT2D eigenvalue weighted by atomic mass is 10.1. The highest BCUT2D eigenvalue weighted by Crippen LogP contribution is 2.05. The van der Waals surface area contributed by atoms with Gasteiger partial charge in [0.25, 0.3) is 0 Å². The molecule has 0 unspecified atom stereocenters. The fraction of sp³-hybridized carbons (Fsp3) is 0.615. The highest BCUT2D eigenvalue weighted by molar-refractivity contribution is 7.80. The van der Waals surface area contributed by atoms with Crippen molar-refractivity contribution in [1.29, 1.82) is 0 Å². The van der Waals surface area contributed by atoms with Gasteiger partial charge in [-0.2, -0.15) is 8.42 Å². The zero-order valence-electron chi connectivity index (χ0n) is 11.4. The van der Waals surface area contributed by atoms with Crippen LogP contribution in [-0.4, -0.2) is 24.6 Å². The molecule has 0 amide bonds. The van der Waals surface area contributed by atoms with Gasteiger partial charge in [0, 0.05) is 12.4 Å². The topological polar surface area (TPSA) is 76.5 Å². The lowest BCUT2D eigenvalue weighted by molar-refractivity contribution is 0.261. The molecule has 6 heteroatoms. The number of hydrogen-bond donors (Lipinski definition) is 1. The van der Waals surface area contributed by atoms with Gasteiger partial charge >= 0.3 is 10.4 Å². The Balaban J connectivity index is 0.000000443. The van der Waals surface area contributed by atoms with E-state index in [1.165, 1.54) is 19.3 Å². The first-order chi connectivity index (χ1) is 9.06. The van der Waals surface area contributed by atoms with E-state index in [-0.39, 0.29) is 6.61 Å². The molecule has 1 N–H and O–H groups in total. The zero-order chi connectivity index (χ0) is 14.4. The summed E-state index contributed by atoms with van der Waals surface area (Å²) >= 11 is 0. The molecule has 0 atom stereocenters. The Hall–Kier alpha value is -0.980. The minimum Gasteiger partial charge on any atom is -0.265 e. The van der Waals surface area contributed by atoms with E-state index in [2.05, 4.69) is 16.1 Å². The molecule has 1 rings (SSSR count). The van der Waals surface area contributed by atoms with Crippen molar-refractivity contribution in [2.24, 2.45) is 0 Å². The lowest BCUT2D eigenvalue weighted by Crippen LogP contribution is -2.04. The number of rotatable bonds is 8. The van der Waals surface area contributed by atoms with Crippen LogP contribution in [0.3, 0.4) is 0 Å². The van der Waals surface area contributed by atoms with Gasteiger partial charge in [0.05, 0.1) is 6.61 Å². The molecule has 0 spiro atoms. The largest absolute Gasteiger partial charge is 0.397 e. The average Bonchev–Trinajstić information content (AvgIpc) is 2.39. The van der Waals surface area contributed by atoms with Crippen LogP contribution in [0.1, 0.15) is 45.4 Å². The van der Waals surface area contributed by atoms with Gasteiger partial charge in [-0.3, -0.25) is 9.54 Å². The minimum atomic E-state index is -4.22. The summed E-state index contributed by atoms with van der Waals surface area (Å²) in [6.45, 7) is 2.23. The quantitative estimate of drug-likeness (QED) is 0.587. The van der Waals surface area contributed by atoms with E-state index in [9.17, 15) is 8.42 Å². The molecule has 0 aliphatic carbocycles. The van der Waals surface area contributed by atoms with Gasteiger partial charge in [0.2, 0.25) is 0 Å². The SMILES string of the molecule is CCCCCCCCOS(=O)(=O)O.c1ccncc1. The second kappa shape index (κ2) is 12.1. The Morgan fingerprint density at radius 3 is 2.00 bits per heavy atom. The monoisotopic (exact) mass is 289 g/mol. The molecule has 1 heterocycles. The Bertz CT molecular complexity index is 354. The van der Waals surface area contributed by atoms with Crippen LogP contribution in [0.15, 0.2) is 30.6 Å². The number of unbranched alkanes of at least 4 members (excludes halogenated alkanes) is 5. The second-order valence-corrected chi connectivity index (χ2v) is 5.13. The fourth-order valence-corrected chi connectivity index (χ4v) is 1.69. The highest BCUT2D eigenvalue weighted by Gasteiger charge is 2.02. The zero-order valence-corrected chi connectivity index (χ0v) is 12.2. The van der Waals surface area contributed by atoms with Crippen LogP contribution in [-0.2, 0) is 14.6 Å². The summed E-state index contributed by atoms with van der Waals surface area (Å²) in [6, 6.07) is 5.72. The molecule has 0 saturated carbocycles. The van der Waals surface area contributed by atoms with Crippen molar-refractivity contribution in [2.75, 3.05) is 6.61 Å². The third-order valence-electron chi connectivity index (χ3n) is 2.30. The maximum atomic E-state index is 10.1. The van der Waals surface area contributed by atoms with Crippen LogP contribution in [0.5, 0.6) is 0 Å². The van der Waals surface area contributed by atoms with Crippen molar-refractivity contribution in [3.05, 3.63) is 30.6 Å². The smallest absolute Gasteiger partial charge is 0.265 e. The Kier molecular flexibility index (Phi) is 11.5. The summed E-state index contributed by atoms with van der Waals surface area (Å²) in [5.41, 5.74) is 0. The van der Waals surface area contributed by atoms with Gasteiger partial charge in [0.15, 0.2) is 0 Å². The van der Waals surface area contributed by atoms with Gasteiger partial charge in [0.1, 0.15) is 0 Å². The first-order valence-corrected chi connectivity index (χ1v) is 7.89. The number of pyridine rings is 1. The molecule has 1 aromatic heterocycles. The standard InChI is InChI=1S/C8H18O4S.C5H5N/c1-2-3-4-5-6-7-8-12-13(9,10)11;1-2-4-6-5-3-1/h2-8H2,1H3,(H,9,10,11);1-5H. The van der Waals surface area contributed by atoms with Gasteiger partial charge in [-0.15, -0.1) is 0 Å². The van der Waals surface area contributed by atoms with E-state index in [4.69, 9.17) is 4.55 Å². The maximum absolute atomic E-state index is 10.1. The predicted octanol–water partition coefficient (Wildman–Crippen LogP) is 3.25. The number of hydrogen-bond acceptors (Lipinski definition) is 4. The first-order valence-electron chi connectivity index (χ1n) is 6.53. The maximum Gasteiger partial charge on any atom is 0.397 e. The summed E-state index contributed by atoms with van der Waals surface area (Å²) in [5, 5.41) is 0. The molecule has 0 aliphatic heterocycles. The summed E-state index contributed by atoms with van der Waals surface area (Å²) in [5.74, 6) is 0. The molecule has 0 aromatic carbocycles. The van der Waals surface area contributed by atoms with E-state index in [1.807, 2.05) is 18.2 Å². The average molecular weight is 289 g/mol. The van der Waals surface area contributed by atoms with Gasteiger partial charge in [-0.05, 0) is 18.6 Å². The molecule has 19 heavy (non-hydrogen) atoms. The van der Waals surface area contributed by atoms with E-state index in [0.717, 1.165) is 12.8 Å². The van der Waals surface area contributed by atoms with Crippen LogP contribution < -0.4 is 0 Å². The molecule has 5 nitrogen and oxygen atoms in total. The molecule has 0 aliphatic rings. The molecule has 0 bridgehead atoms. The third kappa shape index (κ3) is 17.0. The van der Waals surface area contributed by atoms with E-state index in [1.54, 1.807) is 12.4 Å². The van der Waals surface area contributed by atoms with E-state index in [0.29, 0.717) is 6.42 Å². The summed E-state index contributed by atoms with van der Waals surface area (Å²) in [7, 11) is -4.22. The first kappa shape index (κ1) is 18.0. The predicted molar refractivity (Wildman–Crippen MR) is 75.1 cm³/mol. The van der Waals surface area contributed by atoms with Crippen molar-refractivity contribution in [1.82, 2.24) is 4.98 Å². The van der Waals surface area contributed by atoms with Gasteiger partial charge in [-0.25, -0.2) is 4.18 Å². The molecular weight excluding hydrogens is 266 g/mol. The van der Waals surface area contributed by atoms with Crippen LogP contribution >= 0.6 is 0 Å². The second-order valence-electron chi connectivity index (χ2n) is 4.04. The van der Waals surface area contributed by atoms with Crippen molar-refractivity contribution < 1.29 is 17.2 Å². The van der Waals surface area contributed by atoms with Crippen molar-refractivity contribution in [3.63, 3.8) is 0 Å². The molecule has 0 radical (unpaired) electrons. The summed E-state index contributed by atoms with van der Waals surface area (Å²) < 4.78 is 32.6. The van der Waals surface area contributed by atoms with Crippen molar-refractivity contribution >= 4 is 10.4 Å². The lowest BCUT2D eigenvalue weighted by Gasteiger charge is -2.00. The Morgan fingerprint density at radius 2 is 1.58 bits per heavy atom. The number of nitrogens with zero attached hydrogens (tertiary/aromatic N) is 1. The molecule has 110 valence electrons. The minimum absolute atomic E-state index is 0.0883. The van der Waals surface area contributed by atoms with Crippen LogP contribution in [0.4, 0.5) is 0 Å². The van der Waals surface area contributed by atoms with Crippen LogP contribution in [0.25, 0.3) is 0 Å². The van der Waals surface area contributed by atoms with Crippen molar-refractivity contribution in [2.45, 2.75) is 45.4 Å². The van der Waals surface area contributed by atoms with Crippen molar-refractivity contribution in [3.8, 4) is 0 Å². The summed E-state index contributed by atoms with van der Waals surface area (Å²) in [6.07, 6.45) is 9.84. The number of aromatic nitrogens is 1. The molecule has 0 saturated heterocycles. The Morgan fingerprint density at radius 1 is 1.00 bits per heavy atom. The van der Waals surface area contributed by atoms with E-state index >= 15 is 0 Å². The Labute approximate surface area is 116 Å². The van der Waals surface area contributed by atoms with E-state index < -0.39 is 10.4 Å². The summed E-state index contributed by atoms with van der Waals surface area (Å²) in [4.78, 5) is 3.78. The fourth-order valence-electron chi connectivity index (χ4n) is 1.36. The third-order valence-corrected chi connectivity index (χ3v) is 2.76. The van der Waals surface area contributed by atoms with Crippen LogP contribution in [0.2, 0.25) is 0 Å². The molecule has 0 fully saturated rings. The molecule has 1 aromatic rings.